The fourth-order valence-corrected chi connectivity index (χ4v) is 4.40. The van der Waals surface area contributed by atoms with Crippen LogP contribution in [-0.4, -0.2) is 44.2 Å². The van der Waals surface area contributed by atoms with Gasteiger partial charge in [0.2, 0.25) is 0 Å². The first-order valence-corrected chi connectivity index (χ1v) is 11.5. The van der Waals surface area contributed by atoms with Crippen molar-refractivity contribution >= 4 is 45.9 Å². The van der Waals surface area contributed by atoms with Crippen LogP contribution in [0.25, 0.3) is 21.9 Å². The number of ether oxygens (including phenoxy) is 2. The first-order chi connectivity index (χ1) is 16.2. The molecule has 0 saturated carbocycles. The minimum Gasteiger partial charge on any atom is -0.493 e. The second-order valence-corrected chi connectivity index (χ2v) is 8.38. The number of fused-ring (bicyclic) bond motifs is 3. The minimum absolute atomic E-state index is 0. The van der Waals surface area contributed by atoms with Gasteiger partial charge in [-0.2, -0.15) is 0 Å². The van der Waals surface area contributed by atoms with E-state index in [1.54, 1.807) is 19.2 Å². The van der Waals surface area contributed by atoms with E-state index < -0.39 is 0 Å². The summed E-state index contributed by atoms with van der Waals surface area (Å²) >= 11 is 0. The van der Waals surface area contributed by atoms with Crippen LogP contribution in [0.2, 0.25) is 0 Å². The van der Waals surface area contributed by atoms with Gasteiger partial charge in [-0.3, -0.25) is 9.69 Å². The van der Waals surface area contributed by atoms with Gasteiger partial charge in [0.25, 0.3) is 5.91 Å². The van der Waals surface area contributed by atoms with Crippen molar-refractivity contribution in [1.29, 1.82) is 0 Å². The lowest BCUT2D eigenvalue weighted by atomic mass is 10.1. The molecule has 4 aromatic rings. The van der Waals surface area contributed by atoms with Crippen LogP contribution in [0.3, 0.4) is 0 Å². The van der Waals surface area contributed by atoms with Gasteiger partial charge in [0.15, 0.2) is 11.5 Å². The largest absolute Gasteiger partial charge is 0.493 e. The number of benzene rings is 3. The van der Waals surface area contributed by atoms with Crippen LogP contribution in [0.1, 0.15) is 29.6 Å². The second kappa shape index (κ2) is 10.8. The SMILES string of the molecule is COc1cc(NC(=O)c2ccc3oc4ccccc4c3c2)ccc1OCCN1CCCCC1.Cl. The Balaban J connectivity index is 0.00000274. The lowest BCUT2D eigenvalue weighted by molar-refractivity contribution is 0.102. The van der Waals surface area contributed by atoms with Crippen LogP contribution in [0, 0.1) is 0 Å². The van der Waals surface area contributed by atoms with Crippen LogP contribution < -0.4 is 14.8 Å². The van der Waals surface area contributed by atoms with Gasteiger partial charge in [0.05, 0.1) is 7.11 Å². The maximum Gasteiger partial charge on any atom is 0.255 e. The van der Waals surface area contributed by atoms with Gasteiger partial charge in [-0.15, -0.1) is 12.4 Å². The van der Waals surface area contributed by atoms with Crippen molar-refractivity contribution in [3.8, 4) is 11.5 Å². The smallest absolute Gasteiger partial charge is 0.255 e. The molecule has 34 heavy (non-hydrogen) atoms. The molecule has 0 bridgehead atoms. The average Bonchev–Trinajstić information content (AvgIpc) is 3.23. The normalized spacial score (nSPS) is 14.0. The molecule has 1 fully saturated rings. The summed E-state index contributed by atoms with van der Waals surface area (Å²) < 4.78 is 17.3. The molecule has 6 nitrogen and oxygen atoms in total. The summed E-state index contributed by atoms with van der Waals surface area (Å²) in [6.45, 7) is 3.81. The molecule has 178 valence electrons. The number of nitrogens with one attached hydrogen (secondary N) is 1. The van der Waals surface area contributed by atoms with Gasteiger partial charge in [-0.05, 0) is 62.3 Å². The molecule has 0 unspecified atom stereocenters. The van der Waals surface area contributed by atoms with E-state index in [0.717, 1.165) is 41.6 Å². The van der Waals surface area contributed by atoms with Gasteiger partial charge in [0, 0.05) is 34.6 Å². The number of methoxy groups -OCH3 is 1. The van der Waals surface area contributed by atoms with Crippen molar-refractivity contribution in [1.82, 2.24) is 4.90 Å². The molecule has 1 amide bonds. The maximum atomic E-state index is 12.9. The van der Waals surface area contributed by atoms with E-state index in [4.69, 9.17) is 13.9 Å². The van der Waals surface area contributed by atoms with E-state index in [0.29, 0.717) is 29.4 Å². The number of rotatable bonds is 7. The molecule has 1 aliphatic heterocycles. The predicted molar refractivity (Wildman–Crippen MR) is 138 cm³/mol. The van der Waals surface area contributed by atoms with Gasteiger partial charge in [-0.1, -0.05) is 24.6 Å². The van der Waals surface area contributed by atoms with E-state index in [2.05, 4.69) is 10.2 Å². The van der Waals surface area contributed by atoms with Crippen LogP contribution in [0.5, 0.6) is 11.5 Å². The number of para-hydroxylation sites is 1. The molecule has 5 rings (SSSR count). The second-order valence-electron chi connectivity index (χ2n) is 8.38. The number of furan rings is 1. The number of hydrogen-bond acceptors (Lipinski definition) is 5. The Morgan fingerprint density at radius 3 is 2.56 bits per heavy atom. The zero-order valence-corrected chi connectivity index (χ0v) is 20.0. The molecule has 1 aromatic heterocycles. The molecule has 0 radical (unpaired) electrons. The molecular formula is C27H29ClN2O4. The Morgan fingerprint density at radius 2 is 1.74 bits per heavy atom. The minimum atomic E-state index is -0.192. The first-order valence-electron chi connectivity index (χ1n) is 11.5. The first kappa shape index (κ1) is 23.9. The van der Waals surface area contributed by atoms with Crippen LogP contribution >= 0.6 is 12.4 Å². The Hall–Kier alpha value is -3.22. The summed E-state index contributed by atoms with van der Waals surface area (Å²) in [6.07, 6.45) is 3.85. The Bertz CT molecular complexity index is 1280. The van der Waals surface area contributed by atoms with E-state index in [1.165, 1.54) is 19.3 Å². The number of piperidine rings is 1. The number of anilines is 1. The topological polar surface area (TPSA) is 63.9 Å². The predicted octanol–water partition coefficient (Wildman–Crippen LogP) is 6.13. The van der Waals surface area contributed by atoms with Gasteiger partial charge in [0.1, 0.15) is 17.8 Å². The standard InChI is InChI=1S/C27H28N2O4.ClH/c1-31-26-18-20(10-12-25(26)32-16-15-29-13-5-2-6-14-29)28-27(30)19-9-11-24-22(17-19)21-7-3-4-8-23(21)33-24;/h3-4,7-12,17-18H,2,5-6,13-16H2,1H3,(H,28,30);1H. The molecule has 3 aromatic carbocycles. The quantitative estimate of drug-likeness (QED) is 0.344. The molecule has 1 saturated heterocycles. The van der Waals surface area contributed by atoms with Gasteiger partial charge >= 0.3 is 0 Å². The third kappa shape index (κ3) is 5.13. The summed E-state index contributed by atoms with van der Waals surface area (Å²) in [4.78, 5) is 15.4. The molecule has 0 atom stereocenters. The third-order valence-electron chi connectivity index (χ3n) is 6.17. The van der Waals surface area contributed by atoms with E-state index in [1.807, 2.05) is 48.5 Å². The summed E-state index contributed by atoms with van der Waals surface area (Å²) in [5.74, 6) is 1.09. The third-order valence-corrected chi connectivity index (χ3v) is 6.17. The molecule has 0 spiro atoms. The zero-order valence-electron chi connectivity index (χ0n) is 19.2. The fourth-order valence-electron chi connectivity index (χ4n) is 4.40. The molecule has 7 heteroatoms. The van der Waals surface area contributed by atoms with Crippen LogP contribution in [0.15, 0.2) is 65.1 Å². The molecule has 0 aliphatic carbocycles. The lowest BCUT2D eigenvalue weighted by Crippen LogP contribution is -2.33. The fraction of sp³-hybridized carbons (Fsp3) is 0.296. The van der Waals surface area contributed by atoms with Crippen molar-refractivity contribution in [2.45, 2.75) is 19.3 Å². The number of amides is 1. The van der Waals surface area contributed by atoms with Crippen molar-refractivity contribution < 1.29 is 18.7 Å². The Kier molecular flexibility index (Phi) is 7.60. The highest BCUT2D eigenvalue weighted by atomic mass is 35.5. The highest BCUT2D eigenvalue weighted by Gasteiger charge is 2.14. The van der Waals surface area contributed by atoms with Gasteiger partial charge in [-0.25, -0.2) is 0 Å². The summed E-state index contributed by atoms with van der Waals surface area (Å²) in [5, 5.41) is 4.88. The zero-order chi connectivity index (χ0) is 22.6. The number of carbonyl (C=O) groups is 1. The highest BCUT2D eigenvalue weighted by Crippen LogP contribution is 2.32. The Labute approximate surface area is 205 Å². The van der Waals surface area contributed by atoms with Gasteiger partial charge < -0.3 is 19.2 Å². The number of nitrogens with zero attached hydrogens (tertiary/aromatic N) is 1. The number of hydrogen-bond donors (Lipinski definition) is 1. The average molecular weight is 481 g/mol. The van der Waals surface area contributed by atoms with E-state index in [-0.39, 0.29) is 18.3 Å². The lowest BCUT2D eigenvalue weighted by Gasteiger charge is -2.26. The highest BCUT2D eigenvalue weighted by molar-refractivity contribution is 6.11. The van der Waals surface area contributed by atoms with Crippen molar-refractivity contribution in [2.24, 2.45) is 0 Å². The maximum absolute atomic E-state index is 12.9. The van der Waals surface area contributed by atoms with E-state index >= 15 is 0 Å². The van der Waals surface area contributed by atoms with E-state index in [9.17, 15) is 4.79 Å². The van der Waals surface area contributed by atoms with Crippen LogP contribution in [-0.2, 0) is 0 Å². The number of halogens is 1. The molecular weight excluding hydrogens is 452 g/mol. The number of likely N-dealkylation sites (tertiary alicyclic amines) is 1. The van der Waals surface area contributed by atoms with Crippen LogP contribution in [0.4, 0.5) is 5.69 Å². The summed E-state index contributed by atoms with van der Waals surface area (Å²) in [6, 6.07) is 18.8. The monoisotopic (exact) mass is 480 g/mol. The van der Waals surface area contributed by atoms with Crippen molar-refractivity contribution in [3.05, 3.63) is 66.2 Å². The molecule has 1 N–H and O–H groups in total. The molecule has 2 heterocycles. The number of carbonyl (C=O) groups excluding carboxylic acids is 1. The molecule has 1 aliphatic rings. The summed E-state index contributed by atoms with van der Waals surface area (Å²) in [5.41, 5.74) is 2.79. The van der Waals surface area contributed by atoms with Crippen molar-refractivity contribution in [2.75, 3.05) is 38.7 Å². The summed E-state index contributed by atoms with van der Waals surface area (Å²) in [7, 11) is 1.61. The Morgan fingerprint density at radius 1 is 0.941 bits per heavy atom. The van der Waals surface area contributed by atoms with Crippen molar-refractivity contribution in [3.63, 3.8) is 0 Å².